The third kappa shape index (κ3) is 2.77. The molecule has 1 N–H and O–H groups in total. The van der Waals surface area contributed by atoms with E-state index in [-0.39, 0.29) is 12.6 Å². The summed E-state index contributed by atoms with van der Waals surface area (Å²) in [6.07, 6.45) is 3.96. The fraction of sp³-hybridized carbons (Fsp3) is 0.600. The van der Waals surface area contributed by atoms with Crippen molar-refractivity contribution in [3.63, 3.8) is 0 Å². The van der Waals surface area contributed by atoms with Gasteiger partial charge in [0.05, 0.1) is 12.9 Å². The van der Waals surface area contributed by atoms with Crippen LogP contribution in [0.5, 0.6) is 0 Å². The second-order valence-electron chi connectivity index (χ2n) is 4.02. The van der Waals surface area contributed by atoms with Gasteiger partial charge in [-0.25, -0.2) is 13.4 Å². The van der Waals surface area contributed by atoms with Crippen LogP contribution in [0.1, 0.15) is 11.8 Å². The average Bonchev–Trinajstić information content (AvgIpc) is 2.38. The van der Waals surface area contributed by atoms with Gasteiger partial charge in [0.15, 0.2) is 0 Å². The number of anilines is 1. The van der Waals surface area contributed by atoms with Crippen molar-refractivity contribution in [3.8, 4) is 0 Å². The molecule has 18 heavy (non-hydrogen) atoms. The lowest BCUT2D eigenvalue weighted by Crippen LogP contribution is -2.42. The molecule has 8 heteroatoms. The molecule has 2 heterocycles. The van der Waals surface area contributed by atoms with Crippen LogP contribution in [0.4, 0.5) is 5.82 Å². The molecule has 0 aliphatic carbocycles. The summed E-state index contributed by atoms with van der Waals surface area (Å²) in [7, 11) is -1.46. The lowest BCUT2D eigenvalue weighted by atomic mass is 10.2. The highest BCUT2D eigenvalue weighted by atomic mass is 32.2. The van der Waals surface area contributed by atoms with Crippen molar-refractivity contribution < 1.29 is 13.2 Å². The van der Waals surface area contributed by atoms with E-state index in [4.69, 9.17) is 4.74 Å². The summed E-state index contributed by atoms with van der Waals surface area (Å²) in [5, 5.41) is 2.92. The van der Waals surface area contributed by atoms with Crippen molar-refractivity contribution in [2.75, 3.05) is 38.3 Å². The minimum atomic E-state index is -3.20. The molecule has 0 bridgehead atoms. The lowest BCUT2D eigenvalue weighted by Gasteiger charge is -2.31. The molecule has 1 aliphatic heterocycles. The standard InChI is InChI=1S/C10H16N4O3S/c1-11-10-9(12-3-4-13-10)8-7-14(5-6-17-8)18(2,15)16/h3-4,8H,5-7H2,1-2H3,(H,11,13)/t8-/m1/s1. The maximum Gasteiger partial charge on any atom is 0.211 e. The number of nitrogens with one attached hydrogen (secondary N) is 1. The maximum atomic E-state index is 11.5. The fourth-order valence-corrected chi connectivity index (χ4v) is 2.68. The Hall–Kier alpha value is -1.25. The quantitative estimate of drug-likeness (QED) is 0.824. The van der Waals surface area contributed by atoms with Crippen molar-refractivity contribution in [1.29, 1.82) is 0 Å². The van der Waals surface area contributed by atoms with Crippen LogP contribution in [-0.2, 0) is 14.8 Å². The summed E-state index contributed by atoms with van der Waals surface area (Å²) >= 11 is 0. The van der Waals surface area contributed by atoms with E-state index in [2.05, 4.69) is 15.3 Å². The van der Waals surface area contributed by atoms with Crippen molar-refractivity contribution >= 4 is 15.8 Å². The molecule has 0 saturated carbocycles. The molecule has 1 aromatic rings. The Bertz CT molecular complexity index is 520. The van der Waals surface area contributed by atoms with Crippen LogP contribution in [0.3, 0.4) is 0 Å². The maximum absolute atomic E-state index is 11.5. The Morgan fingerprint density at radius 3 is 2.83 bits per heavy atom. The number of rotatable bonds is 3. The van der Waals surface area contributed by atoms with E-state index in [9.17, 15) is 8.42 Å². The number of sulfonamides is 1. The zero-order valence-corrected chi connectivity index (χ0v) is 11.1. The minimum absolute atomic E-state index is 0.270. The highest BCUT2D eigenvalue weighted by Crippen LogP contribution is 2.25. The normalized spacial score (nSPS) is 21.8. The summed E-state index contributed by atoms with van der Waals surface area (Å²) in [6, 6.07) is 0. The topological polar surface area (TPSA) is 84.4 Å². The number of nitrogens with zero attached hydrogens (tertiary/aromatic N) is 3. The van der Waals surface area contributed by atoms with Crippen LogP contribution in [0.15, 0.2) is 12.4 Å². The number of hydrogen-bond donors (Lipinski definition) is 1. The first kappa shape index (κ1) is 13.2. The smallest absolute Gasteiger partial charge is 0.211 e. The van der Waals surface area contributed by atoms with Gasteiger partial charge in [-0.2, -0.15) is 4.31 Å². The van der Waals surface area contributed by atoms with Crippen molar-refractivity contribution in [1.82, 2.24) is 14.3 Å². The van der Waals surface area contributed by atoms with Gasteiger partial charge in [-0.1, -0.05) is 0 Å². The molecule has 0 radical (unpaired) electrons. The monoisotopic (exact) mass is 272 g/mol. The molecule has 1 atom stereocenters. The Kier molecular flexibility index (Phi) is 3.79. The van der Waals surface area contributed by atoms with E-state index in [1.54, 1.807) is 19.4 Å². The molecule has 0 amide bonds. The third-order valence-corrected chi connectivity index (χ3v) is 4.04. The first-order valence-electron chi connectivity index (χ1n) is 5.57. The molecular formula is C10H16N4O3S. The Morgan fingerprint density at radius 1 is 1.44 bits per heavy atom. The summed E-state index contributed by atoms with van der Waals surface area (Å²) in [5.74, 6) is 0.609. The summed E-state index contributed by atoms with van der Waals surface area (Å²) in [6.45, 7) is 1.01. The predicted octanol–water partition coefficient (Wildman–Crippen LogP) is -0.149. The molecule has 0 unspecified atom stereocenters. The molecule has 1 aliphatic rings. The molecule has 1 saturated heterocycles. The van der Waals surface area contributed by atoms with Crippen LogP contribution >= 0.6 is 0 Å². The van der Waals surface area contributed by atoms with Gasteiger partial charge in [0.2, 0.25) is 10.0 Å². The molecule has 100 valence electrons. The largest absolute Gasteiger partial charge is 0.372 e. The van der Waals surface area contributed by atoms with Gasteiger partial charge in [0, 0.05) is 32.5 Å². The predicted molar refractivity (Wildman–Crippen MR) is 66.7 cm³/mol. The summed E-state index contributed by atoms with van der Waals surface area (Å²) in [5.41, 5.74) is 0.633. The summed E-state index contributed by atoms with van der Waals surface area (Å²) in [4.78, 5) is 8.36. The van der Waals surface area contributed by atoms with Crippen LogP contribution in [-0.4, -0.2) is 55.7 Å². The number of hydrogen-bond acceptors (Lipinski definition) is 6. The first-order chi connectivity index (χ1) is 8.52. The van der Waals surface area contributed by atoms with Gasteiger partial charge < -0.3 is 10.1 Å². The second-order valence-corrected chi connectivity index (χ2v) is 6.00. The number of morpholine rings is 1. The Morgan fingerprint density at radius 2 is 2.17 bits per heavy atom. The van der Waals surface area contributed by atoms with Gasteiger partial charge in [-0.05, 0) is 0 Å². The minimum Gasteiger partial charge on any atom is -0.372 e. The average molecular weight is 272 g/mol. The van der Waals surface area contributed by atoms with Gasteiger partial charge in [0.1, 0.15) is 17.6 Å². The van der Waals surface area contributed by atoms with Gasteiger partial charge in [0.25, 0.3) is 0 Å². The number of ether oxygens (including phenoxy) is 1. The highest BCUT2D eigenvalue weighted by molar-refractivity contribution is 7.88. The van der Waals surface area contributed by atoms with Crippen LogP contribution in [0.25, 0.3) is 0 Å². The fourth-order valence-electron chi connectivity index (χ4n) is 1.87. The van der Waals surface area contributed by atoms with E-state index in [1.165, 1.54) is 10.6 Å². The van der Waals surface area contributed by atoms with Crippen LogP contribution < -0.4 is 5.32 Å². The molecule has 1 fully saturated rings. The van der Waals surface area contributed by atoms with Crippen molar-refractivity contribution in [3.05, 3.63) is 18.1 Å². The zero-order chi connectivity index (χ0) is 13.2. The van der Waals surface area contributed by atoms with Gasteiger partial charge in [-0.3, -0.25) is 4.98 Å². The molecule has 0 spiro atoms. The Labute approximate surface area is 106 Å². The third-order valence-electron chi connectivity index (χ3n) is 2.77. The van der Waals surface area contributed by atoms with Crippen LogP contribution in [0, 0.1) is 0 Å². The first-order valence-corrected chi connectivity index (χ1v) is 7.42. The van der Waals surface area contributed by atoms with E-state index in [1.807, 2.05) is 0 Å². The second kappa shape index (κ2) is 5.17. The molecule has 2 rings (SSSR count). The van der Waals surface area contributed by atoms with Gasteiger partial charge >= 0.3 is 0 Å². The van der Waals surface area contributed by atoms with Crippen molar-refractivity contribution in [2.24, 2.45) is 0 Å². The molecule has 1 aromatic heterocycles. The van der Waals surface area contributed by atoms with E-state index < -0.39 is 10.0 Å². The lowest BCUT2D eigenvalue weighted by molar-refractivity contribution is -0.00447. The molecular weight excluding hydrogens is 256 g/mol. The molecule has 7 nitrogen and oxygen atoms in total. The van der Waals surface area contributed by atoms with Crippen LogP contribution in [0.2, 0.25) is 0 Å². The van der Waals surface area contributed by atoms with Gasteiger partial charge in [-0.15, -0.1) is 0 Å². The highest BCUT2D eigenvalue weighted by Gasteiger charge is 2.29. The Balaban J connectivity index is 2.23. The van der Waals surface area contributed by atoms with E-state index in [0.29, 0.717) is 24.7 Å². The molecule has 0 aromatic carbocycles. The van der Waals surface area contributed by atoms with E-state index in [0.717, 1.165) is 0 Å². The summed E-state index contributed by atoms with van der Waals surface area (Å²) < 4.78 is 30.1. The van der Waals surface area contributed by atoms with E-state index >= 15 is 0 Å². The zero-order valence-electron chi connectivity index (χ0n) is 10.3. The SMILES string of the molecule is CNc1nccnc1[C@H]1CN(S(C)(=O)=O)CCO1. The van der Waals surface area contributed by atoms with Crippen molar-refractivity contribution in [2.45, 2.75) is 6.10 Å². The number of aromatic nitrogens is 2.